The van der Waals surface area contributed by atoms with Crippen LogP contribution in [0, 0.1) is 6.92 Å². The maximum atomic E-state index is 11.2. The van der Waals surface area contributed by atoms with Crippen LogP contribution in [0.1, 0.15) is 11.3 Å². The van der Waals surface area contributed by atoms with Crippen molar-refractivity contribution in [1.29, 1.82) is 0 Å². The smallest absolute Gasteiger partial charge is 0.316 e. The molecule has 0 unspecified atom stereocenters. The molecule has 0 saturated heterocycles. The minimum atomic E-state index is -0.0692. The highest BCUT2D eigenvalue weighted by molar-refractivity contribution is 5.73. The van der Waals surface area contributed by atoms with E-state index in [0.717, 1.165) is 24.3 Å². The number of aromatic nitrogens is 1. The summed E-state index contributed by atoms with van der Waals surface area (Å²) >= 11 is 0. The molecule has 0 atom stereocenters. The molecule has 2 N–H and O–H groups in total. The van der Waals surface area contributed by atoms with E-state index >= 15 is 0 Å². The fourth-order valence-electron chi connectivity index (χ4n) is 1.24. The van der Waals surface area contributed by atoms with Crippen molar-refractivity contribution in [2.75, 3.05) is 27.2 Å². The number of nitrogens with zero attached hydrogens (tertiary/aromatic N) is 2. The third kappa shape index (κ3) is 5.31. The Hall–Kier alpha value is -1.62. The highest BCUT2D eigenvalue weighted by Gasteiger charge is 2.00. The van der Waals surface area contributed by atoms with E-state index in [1.54, 1.807) is 14.1 Å². The first kappa shape index (κ1) is 13.4. The molecule has 5 heteroatoms. The van der Waals surface area contributed by atoms with E-state index in [4.69, 9.17) is 0 Å². The van der Waals surface area contributed by atoms with Crippen LogP contribution >= 0.6 is 0 Å². The van der Waals surface area contributed by atoms with Gasteiger partial charge < -0.3 is 15.5 Å². The van der Waals surface area contributed by atoms with Crippen molar-refractivity contribution in [3.8, 4) is 0 Å². The van der Waals surface area contributed by atoms with Crippen molar-refractivity contribution < 1.29 is 4.79 Å². The lowest BCUT2D eigenvalue weighted by Gasteiger charge is -2.12. The Balaban J connectivity index is 2.12. The summed E-state index contributed by atoms with van der Waals surface area (Å²) in [5.74, 6) is 0. The van der Waals surface area contributed by atoms with E-state index in [2.05, 4.69) is 15.6 Å². The lowest BCUT2D eigenvalue weighted by molar-refractivity contribution is 0.217. The third-order valence-corrected chi connectivity index (χ3v) is 2.26. The maximum Gasteiger partial charge on any atom is 0.316 e. The molecule has 0 spiro atoms. The molecule has 0 aliphatic rings. The molecular weight excluding hydrogens is 216 g/mol. The summed E-state index contributed by atoms with van der Waals surface area (Å²) in [5, 5.41) is 6.00. The van der Waals surface area contributed by atoms with E-state index in [1.807, 2.05) is 25.3 Å². The highest BCUT2D eigenvalue weighted by atomic mass is 16.2. The predicted octanol–water partition coefficient (Wildman–Crippen LogP) is 0.751. The lowest BCUT2D eigenvalue weighted by Crippen LogP contribution is -2.38. The van der Waals surface area contributed by atoms with Gasteiger partial charge in [0.1, 0.15) is 0 Å². The molecular formula is C12H20N4O. The molecule has 1 aromatic rings. The Bertz CT molecular complexity index is 348. The number of carbonyl (C=O) groups excluding carboxylic acids is 1. The van der Waals surface area contributed by atoms with Crippen LogP contribution in [0.5, 0.6) is 0 Å². The molecule has 0 bridgehead atoms. The van der Waals surface area contributed by atoms with Gasteiger partial charge >= 0.3 is 6.03 Å². The molecule has 0 saturated carbocycles. The van der Waals surface area contributed by atoms with E-state index in [9.17, 15) is 4.79 Å². The molecule has 0 fully saturated rings. The van der Waals surface area contributed by atoms with Crippen molar-refractivity contribution in [1.82, 2.24) is 20.5 Å². The molecule has 17 heavy (non-hydrogen) atoms. The number of urea groups is 1. The topological polar surface area (TPSA) is 57.3 Å². The minimum absolute atomic E-state index is 0.0692. The molecule has 1 rings (SSSR count). The molecule has 5 nitrogen and oxygen atoms in total. The number of pyridine rings is 1. The normalized spacial score (nSPS) is 10.1. The van der Waals surface area contributed by atoms with E-state index in [0.29, 0.717) is 6.54 Å². The number of hydrogen-bond acceptors (Lipinski definition) is 3. The third-order valence-electron chi connectivity index (χ3n) is 2.26. The summed E-state index contributed by atoms with van der Waals surface area (Å²) in [6, 6.07) is 3.97. The van der Waals surface area contributed by atoms with Gasteiger partial charge in [-0.2, -0.15) is 0 Å². The van der Waals surface area contributed by atoms with Crippen molar-refractivity contribution in [3.05, 3.63) is 29.6 Å². The summed E-state index contributed by atoms with van der Waals surface area (Å²) in [5.41, 5.74) is 2.17. The van der Waals surface area contributed by atoms with Gasteiger partial charge in [-0.3, -0.25) is 4.98 Å². The average Bonchev–Trinajstić information content (AvgIpc) is 2.30. The van der Waals surface area contributed by atoms with Crippen molar-refractivity contribution in [2.45, 2.75) is 13.5 Å². The maximum absolute atomic E-state index is 11.2. The van der Waals surface area contributed by atoms with Crippen LogP contribution in [0.3, 0.4) is 0 Å². The van der Waals surface area contributed by atoms with Gasteiger partial charge in [-0.25, -0.2) is 4.79 Å². The number of carbonyl (C=O) groups is 1. The minimum Gasteiger partial charge on any atom is -0.337 e. The summed E-state index contributed by atoms with van der Waals surface area (Å²) < 4.78 is 0. The quantitative estimate of drug-likeness (QED) is 0.742. The molecule has 94 valence electrons. The molecule has 0 aromatic carbocycles. The highest BCUT2D eigenvalue weighted by Crippen LogP contribution is 1.97. The van der Waals surface area contributed by atoms with Crippen LogP contribution in [0.2, 0.25) is 0 Å². The van der Waals surface area contributed by atoms with Gasteiger partial charge in [-0.05, 0) is 18.6 Å². The Morgan fingerprint density at radius 3 is 2.71 bits per heavy atom. The monoisotopic (exact) mass is 236 g/mol. The predicted molar refractivity (Wildman–Crippen MR) is 67.8 cm³/mol. The Morgan fingerprint density at radius 1 is 1.35 bits per heavy atom. The van der Waals surface area contributed by atoms with Crippen LogP contribution < -0.4 is 10.6 Å². The zero-order chi connectivity index (χ0) is 12.7. The lowest BCUT2D eigenvalue weighted by atomic mass is 10.3. The van der Waals surface area contributed by atoms with Gasteiger partial charge in [0.15, 0.2) is 0 Å². The Labute approximate surface area is 102 Å². The Morgan fingerprint density at radius 2 is 2.12 bits per heavy atom. The van der Waals surface area contributed by atoms with Gasteiger partial charge in [0.05, 0.1) is 5.69 Å². The van der Waals surface area contributed by atoms with E-state index in [1.165, 1.54) is 4.90 Å². The van der Waals surface area contributed by atoms with Crippen LogP contribution in [0.4, 0.5) is 4.79 Å². The molecule has 0 radical (unpaired) electrons. The first-order valence-electron chi connectivity index (χ1n) is 5.67. The van der Waals surface area contributed by atoms with Crippen molar-refractivity contribution in [2.24, 2.45) is 0 Å². The van der Waals surface area contributed by atoms with Gasteiger partial charge in [-0.1, -0.05) is 6.07 Å². The summed E-state index contributed by atoms with van der Waals surface area (Å²) in [6.07, 6.45) is 1.85. The SMILES string of the molecule is Cc1ccc(CNCCNC(=O)N(C)C)nc1. The van der Waals surface area contributed by atoms with Gasteiger partial charge in [0, 0.05) is 39.9 Å². The van der Waals surface area contributed by atoms with Crippen molar-refractivity contribution >= 4 is 6.03 Å². The Kier molecular flexibility index (Phi) is 5.42. The van der Waals surface area contributed by atoms with Crippen LogP contribution in [-0.4, -0.2) is 43.1 Å². The standard InChI is InChI=1S/C12H20N4O/c1-10-4-5-11(15-8-10)9-13-6-7-14-12(17)16(2)3/h4-5,8,13H,6-7,9H2,1-3H3,(H,14,17). The molecule has 1 heterocycles. The largest absolute Gasteiger partial charge is 0.337 e. The second-order valence-electron chi connectivity index (χ2n) is 4.13. The fourth-order valence-corrected chi connectivity index (χ4v) is 1.24. The first-order valence-corrected chi connectivity index (χ1v) is 5.67. The van der Waals surface area contributed by atoms with Gasteiger partial charge in [0.25, 0.3) is 0 Å². The molecule has 0 aliphatic carbocycles. The number of hydrogen-bond donors (Lipinski definition) is 2. The zero-order valence-corrected chi connectivity index (χ0v) is 10.7. The second-order valence-corrected chi connectivity index (χ2v) is 4.13. The number of rotatable bonds is 5. The summed E-state index contributed by atoms with van der Waals surface area (Å²) in [7, 11) is 3.44. The van der Waals surface area contributed by atoms with Gasteiger partial charge in [0.2, 0.25) is 0 Å². The summed E-state index contributed by atoms with van der Waals surface area (Å²) in [6.45, 7) is 4.08. The number of nitrogens with one attached hydrogen (secondary N) is 2. The zero-order valence-electron chi connectivity index (χ0n) is 10.7. The van der Waals surface area contributed by atoms with E-state index < -0.39 is 0 Å². The van der Waals surface area contributed by atoms with Crippen LogP contribution in [0.25, 0.3) is 0 Å². The van der Waals surface area contributed by atoms with Crippen LogP contribution in [-0.2, 0) is 6.54 Å². The number of aryl methyl sites for hydroxylation is 1. The molecule has 1 aromatic heterocycles. The van der Waals surface area contributed by atoms with E-state index in [-0.39, 0.29) is 6.03 Å². The summed E-state index contributed by atoms with van der Waals surface area (Å²) in [4.78, 5) is 17.0. The number of amides is 2. The average molecular weight is 236 g/mol. The molecule has 2 amide bonds. The van der Waals surface area contributed by atoms with Crippen LogP contribution in [0.15, 0.2) is 18.3 Å². The van der Waals surface area contributed by atoms with Gasteiger partial charge in [-0.15, -0.1) is 0 Å². The fraction of sp³-hybridized carbons (Fsp3) is 0.500. The first-order chi connectivity index (χ1) is 8.09. The van der Waals surface area contributed by atoms with Crippen molar-refractivity contribution in [3.63, 3.8) is 0 Å². The second kappa shape index (κ2) is 6.85. The molecule has 0 aliphatic heterocycles.